The fourth-order valence-electron chi connectivity index (χ4n) is 3.64. The molecule has 0 aromatic carbocycles. The first-order valence-corrected chi connectivity index (χ1v) is 6.68. The van der Waals surface area contributed by atoms with Gasteiger partial charge in [0, 0.05) is 6.04 Å². The van der Waals surface area contributed by atoms with Crippen molar-refractivity contribution >= 4 is 0 Å². The number of nitrogens with zero attached hydrogens (tertiary/aromatic N) is 3. The maximum atomic E-state index is 9.45. The third kappa shape index (κ3) is 1.94. The molecule has 0 radical (unpaired) electrons. The molecule has 2 unspecified atom stereocenters. The summed E-state index contributed by atoms with van der Waals surface area (Å²) in [5.41, 5.74) is -0.876. The topological polar surface area (TPSA) is 50.8 Å². The first-order valence-electron chi connectivity index (χ1n) is 6.68. The molecule has 0 aromatic heterocycles. The van der Waals surface area contributed by atoms with Crippen LogP contribution < -0.4 is 0 Å². The maximum absolute atomic E-state index is 9.45. The van der Waals surface area contributed by atoms with E-state index in [1.807, 2.05) is 13.8 Å². The van der Waals surface area contributed by atoms with E-state index in [0.29, 0.717) is 6.04 Å². The van der Waals surface area contributed by atoms with Crippen molar-refractivity contribution in [3.05, 3.63) is 0 Å². The lowest BCUT2D eigenvalue weighted by molar-refractivity contribution is 0.0484. The fourth-order valence-corrected chi connectivity index (χ4v) is 3.64. The highest BCUT2D eigenvalue weighted by atomic mass is 15.3. The lowest BCUT2D eigenvalue weighted by atomic mass is 9.89. The van der Waals surface area contributed by atoms with Crippen molar-refractivity contribution in [3.8, 4) is 12.1 Å². The van der Waals surface area contributed by atoms with Crippen LogP contribution >= 0.6 is 0 Å². The molecule has 2 atom stereocenters. The van der Waals surface area contributed by atoms with Crippen LogP contribution in [0.15, 0.2) is 0 Å². The second-order valence-corrected chi connectivity index (χ2v) is 5.93. The van der Waals surface area contributed by atoms with Crippen LogP contribution in [0.1, 0.15) is 58.8 Å². The minimum Gasteiger partial charge on any atom is -0.265 e. The van der Waals surface area contributed by atoms with E-state index in [-0.39, 0.29) is 0 Å². The summed E-state index contributed by atoms with van der Waals surface area (Å²) in [6.45, 7) is 4.01. The van der Waals surface area contributed by atoms with Crippen molar-refractivity contribution in [1.29, 1.82) is 10.5 Å². The molecule has 3 heteroatoms. The first kappa shape index (κ1) is 12.4. The Hall–Kier alpha value is -1.06. The predicted octanol–water partition coefficient (Wildman–Crippen LogP) is 2.98. The third-order valence-corrected chi connectivity index (χ3v) is 4.58. The molecule has 92 valence electrons. The highest BCUT2D eigenvalue weighted by Crippen LogP contribution is 2.44. The van der Waals surface area contributed by atoms with E-state index in [0.717, 1.165) is 25.7 Å². The van der Waals surface area contributed by atoms with Crippen molar-refractivity contribution < 1.29 is 0 Å². The highest BCUT2D eigenvalue weighted by Gasteiger charge is 2.53. The predicted molar refractivity (Wildman–Crippen MR) is 66.0 cm³/mol. The van der Waals surface area contributed by atoms with Gasteiger partial charge < -0.3 is 0 Å². The molecule has 0 spiro atoms. The fraction of sp³-hybridized carbons (Fsp3) is 0.857. The second-order valence-electron chi connectivity index (χ2n) is 5.93. The van der Waals surface area contributed by atoms with Crippen LogP contribution in [0.25, 0.3) is 0 Å². The van der Waals surface area contributed by atoms with Crippen LogP contribution in [-0.4, -0.2) is 22.0 Å². The van der Waals surface area contributed by atoms with Crippen LogP contribution in [-0.2, 0) is 0 Å². The molecule has 1 aliphatic heterocycles. The summed E-state index contributed by atoms with van der Waals surface area (Å²) in [7, 11) is 0. The van der Waals surface area contributed by atoms with Gasteiger partial charge in [-0.25, -0.2) is 0 Å². The molecule has 1 saturated carbocycles. The molecular weight excluding hydrogens is 210 g/mol. The molecule has 1 saturated heterocycles. The Labute approximate surface area is 104 Å². The molecule has 2 fully saturated rings. The second kappa shape index (κ2) is 4.31. The normalized spacial score (nSPS) is 39.8. The van der Waals surface area contributed by atoms with Gasteiger partial charge in [-0.15, -0.1) is 0 Å². The summed E-state index contributed by atoms with van der Waals surface area (Å²) >= 11 is 0. The van der Waals surface area contributed by atoms with Crippen LogP contribution in [0.4, 0.5) is 0 Å². The summed E-state index contributed by atoms with van der Waals surface area (Å²) in [5.74, 6) is 0. The van der Waals surface area contributed by atoms with Gasteiger partial charge in [0.15, 0.2) is 0 Å². The van der Waals surface area contributed by atoms with Gasteiger partial charge in [0.1, 0.15) is 11.1 Å². The SMILES string of the molecule is CC1(C#N)CCC(C)(C#N)N1C1CCCCC1. The van der Waals surface area contributed by atoms with Gasteiger partial charge in [-0.1, -0.05) is 19.3 Å². The molecule has 1 heterocycles. The monoisotopic (exact) mass is 231 g/mol. The average molecular weight is 231 g/mol. The summed E-state index contributed by atoms with van der Waals surface area (Å²) in [6, 6.07) is 5.34. The number of likely N-dealkylation sites (tertiary alicyclic amines) is 1. The van der Waals surface area contributed by atoms with Gasteiger partial charge in [-0.2, -0.15) is 10.5 Å². The Bertz CT molecular complexity index is 344. The zero-order chi connectivity index (χ0) is 12.5. The van der Waals surface area contributed by atoms with Crippen molar-refractivity contribution in [2.75, 3.05) is 0 Å². The van der Waals surface area contributed by atoms with Gasteiger partial charge in [0.05, 0.1) is 12.1 Å². The number of rotatable bonds is 1. The summed E-state index contributed by atoms with van der Waals surface area (Å²) < 4.78 is 0. The van der Waals surface area contributed by atoms with Crippen molar-refractivity contribution in [1.82, 2.24) is 4.90 Å². The number of hydrogen-bond donors (Lipinski definition) is 0. The third-order valence-electron chi connectivity index (χ3n) is 4.58. The summed E-state index contributed by atoms with van der Waals surface area (Å²) in [4.78, 5) is 2.24. The van der Waals surface area contributed by atoms with E-state index in [2.05, 4.69) is 17.0 Å². The highest BCUT2D eigenvalue weighted by molar-refractivity contribution is 5.23. The molecule has 17 heavy (non-hydrogen) atoms. The summed E-state index contributed by atoms with van der Waals surface area (Å²) in [5, 5.41) is 18.9. The molecule has 2 aliphatic rings. The Morgan fingerprint density at radius 2 is 1.41 bits per heavy atom. The smallest absolute Gasteiger partial charge is 0.107 e. The molecule has 2 rings (SSSR count). The first-order chi connectivity index (χ1) is 8.06. The molecule has 0 amide bonds. The van der Waals surface area contributed by atoms with Crippen molar-refractivity contribution in [2.24, 2.45) is 0 Å². The largest absolute Gasteiger partial charge is 0.265 e. The lowest BCUT2D eigenvalue weighted by Gasteiger charge is -2.44. The van der Waals surface area contributed by atoms with Gasteiger partial charge in [0.2, 0.25) is 0 Å². The van der Waals surface area contributed by atoms with Crippen LogP contribution in [0, 0.1) is 22.7 Å². The van der Waals surface area contributed by atoms with Crippen molar-refractivity contribution in [2.45, 2.75) is 75.9 Å². The van der Waals surface area contributed by atoms with Crippen LogP contribution in [0.5, 0.6) is 0 Å². The quantitative estimate of drug-likeness (QED) is 0.697. The van der Waals surface area contributed by atoms with Gasteiger partial charge in [0.25, 0.3) is 0 Å². The van der Waals surface area contributed by atoms with E-state index < -0.39 is 11.1 Å². The standard InChI is InChI=1S/C14H21N3/c1-13(10-15)8-9-14(2,11-16)17(13)12-6-4-3-5-7-12/h12H,3-9H2,1-2H3. The maximum Gasteiger partial charge on any atom is 0.107 e. The Kier molecular flexibility index (Phi) is 3.15. The number of hydrogen-bond acceptors (Lipinski definition) is 3. The average Bonchev–Trinajstić information content (AvgIpc) is 2.64. The Balaban J connectivity index is 2.30. The summed E-state index contributed by atoms with van der Waals surface area (Å²) in [6.07, 6.45) is 7.72. The zero-order valence-electron chi connectivity index (χ0n) is 10.9. The molecule has 0 aromatic rings. The van der Waals surface area contributed by atoms with Crippen LogP contribution in [0.3, 0.4) is 0 Å². The minimum atomic E-state index is -0.438. The molecule has 0 N–H and O–H groups in total. The molecule has 1 aliphatic carbocycles. The van der Waals surface area contributed by atoms with Gasteiger partial charge in [-0.3, -0.25) is 4.90 Å². The zero-order valence-corrected chi connectivity index (χ0v) is 10.9. The van der Waals surface area contributed by atoms with Gasteiger partial charge in [-0.05, 0) is 39.5 Å². The van der Waals surface area contributed by atoms with E-state index in [4.69, 9.17) is 0 Å². The molecule has 0 bridgehead atoms. The van der Waals surface area contributed by atoms with E-state index in [1.165, 1.54) is 19.3 Å². The molecular formula is C14H21N3. The van der Waals surface area contributed by atoms with Crippen LogP contribution in [0.2, 0.25) is 0 Å². The van der Waals surface area contributed by atoms with E-state index in [9.17, 15) is 10.5 Å². The Morgan fingerprint density at radius 1 is 0.941 bits per heavy atom. The molecule has 3 nitrogen and oxygen atoms in total. The van der Waals surface area contributed by atoms with Gasteiger partial charge >= 0.3 is 0 Å². The van der Waals surface area contributed by atoms with E-state index >= 15 is 0 Å². The lowest BCUT2D eigenvalue weighted by Crippen LogP contribution is -2.55. The number of nitriles is 2. The van der Waals surface area contributed by atoms with Crippen molar-refractivity contribution in [3.63, 3.8) is 0 Å². The van der Waals surface area contributed by atoms with E-state index in [1.54, 1.807) is 0 Å². The minimum absolute atomic E-state index is 0.431. The Morgan fingerprint density at radius 3 is 1.82 bits per heavy atom.